The molecule has 0 radical (unpaired) electrons. The molecular formula is C32H51N5O7. The van der Waals surface area contributed by atoms with Crippen LogP contribution in [0.4, 0.5) is 4.79 Å². The maximum Gasteiger partial charge on any atom is 0.407 e. The fraction of sp³-hybridized carbons (Fsp3) is 0.625. The molecule has 1 atom stereocenters. The SMILES string of the molecule is C=CCCCn1nc(C(=O)N[C@H](C(=O)NCCOCCOCCOCCNC(=O)OC(C)(C)C)C(C)(C)C)c2ccccc21. The van der Waals surface area contributed by atoms with E-state index in [-0.39, 0.29) is 12.5 Å². The molecule has 0 saturated heterocycles. The van der Waals surface area contributed by atoms with Gasteiger partial charge in [-0.3, -0.25) is 14.3 Å². The van der Waals surface area contributed by atoms with Crippen molar-refractivity contribution in [3.8, 4) is 0 Å². The molecule has 12 nitrogen and oxygen atoms in total. The Morgan fingerprint density at radius 1 is 0.909 bits per heavy atom. The van der Waals surface area contributed by atoms with E-state index < -0.39 is 29.1 Å². The average Bonchev–Trinajstić information content (AvgIpc) is 3.31. The molecule has 12 heteroatoms. The summed E-state index contributed by atoms with van der Waals surface area (Å²) in [7, 11) is 0. The standard InChI is InChI=1S/C32H51N5O7/c1-8-9-12-17-37-25-14-11-10-13-24(25)26(36-37)28(38)35-27(31(2,3)4)29(39)33-15-18-41-20-22-43-23-21-42-19-16-34-30(40)44-32(5,6)7/h8,10-11,13-14,27H,1,9,12,15-23H2,2-7H3,(H,33,39)(H,34,40)(H,35,38)/t27-/m1/s1. The molecule has 0 aliphatic carbocycles. The lowest BCUT2D eigenvalue weighted by Gasteiger charge is -2.30. The van der Waals surface area contributed by atoms with Crippen molar-refractivity contribution in [3.05, 3.63) is 42.6 Å². The molecule has 246 valence electrons. The molecule has 0 spiro atoms. The van der Waals surface area contributed by atoms with E-state index in [0.717, 1.165) is 23.7 Å². The van der Waals surface area contributed by atoms with Crippen molar-refractivity contribution in [2.24, 2.45) is 5.41 Å². The van der Waals surface area contributed by atoms with Crippen LogP contribution in [0.15, 0.2) is 36.9 Å². The van der Waals surface area contributed by atoms with E-state index in [1.807, 2.05) is 55.8 Å². The number of alkyl carbamates (subject to hydrolysis) is 1. The molecule has 1 aromatic carbocycles. The van der Waals surface area contributed by atoms with Crippen LogP contribution in [-0.2, 0) is 30.3 Å². The molecule has 1 aromatic heterocycles. The third-order valence-electron chi connectivity index (χ3n) is 6.26. The number of carbonyl (C=O) groups excluding carboxylic acids is 3. The van der Waals surface area contributed by atoms with Gasteiger partial charge in [0.05, 0.1) is 45.2 Å². The van der Waals surface area contributed by atoms with Gasteiger partial charge in [-0.05, 0) is 45.1 Å². The van der Waals surface area contributed by atoms with Gasteiger partial charge in [-0.1, -0.05) is 45.0 Å². The molecule has 0 bridgehead atoms. The maximum absolute atomic E-state index is 13.4. The number of benzene rings is 1. The van der Waals surface area contributed by atoms with Crippen LogP contribution in [0.1, 0.15) is 64.9 Å². The predicted molar refractivity (Wildman–Crippen MR) is 170 cm³/mol. The van der Waals surface area contributed by atoms with Gasteiger partial charge in [0.25, 0.3) is 5.91 Å². The van der Waals surface area contributed by atoms with E-state index in [1.54, 1.807) is 20.8 Å². The molecule has 0 aliphatic rings. The zero-order valence-electron chi connectivity index (χ0n) is 27.2. The number of aromatic nitrogens is 2. The van der Waals surface area contributed by atoms with Gasteiger partial charge in [-0.15, -0.1) is 6.58 Å². The first-order chi connectivity index (χ1) is 20.8. The van der Waals surface area contributed by atoms with Gasteiger partial charge in [0, 0.05) is 25.0 Å². The summed E-state index contributed by atoms with van der Waals surface area (Å²) in [6.45, 7) is 18.3. The van der Waals surface area contributed by atoms with Gasteiger partial charge < -0.3 is 34.9 Å². The Morgan fingerprint density at radius 2 is 1.50 bits per heavy atom. The minimum Gasteiger partial charge on any atom is -0.444 e. The first kappa shape index (κ1) is 36.7. The van der Waals surface area contributed by atoms with Crippen molar-refractivity contribution in [3.63, 3.8) is 0 Å². The van der Waals surface area contributed by atoms with Crippen molar-refractivity contribution in [1.29, 1.82) is 0 Å². The Balaban J connectivity index is 1.68. The van der Waals surface area contributed by atoms with Crippen molar-refractivity contribution in [1.82, 2.24) is 25.7 Å². The van der Waals surface area contributed by atoms with Crippen LogP contribution in [-0.4, -0.2) is 92.1 Å². The summed E-state index contributed by atoms with van der Waals surface area (Å²) in [5.41, 5.74) is 0.101. The molecule has 2 aromatic rings. The number of para-hydroxylation sites is 1. The summed E-state index contributed by atoms with van der Waals surface area (Å²) in [4.78, 5) is 38.0. The van der Waals surface area contributed by atoms with E-state index in [9.17, 15) is 14.4 Å². The lowest BCUT2D eigenvalue weighted by atomic mass is 9.86. The van der Waals surface area contributed by atoms with Crippen molar-refractivity contribution in [2.75, 3.05) is 52.7 Å². The van der Waals surface area contributed by atoms with Crippen molar-refractivity contribution < 1.29 is 33.3 Å². The Bertz CT molecular complexity index is 1200. The topological polar surface area (TPSA) is 142 Å². The number of nitrogens with one attached hydrogen (secondary N) is 3. The Kier molecular flexibility index (Phi) is 15.3. The molecule has 3 amide bonds. The summed E-state index contributed by atoms with van der Waals surface area (Å²) >= 11 is 0. The minimum absolute atomic E-state index is 0.288. The Morgan fingerprint density at radius 3 is 2.09 bits per heavy atom. The Labute approximate surface area is 261 Å². The molecule has 0 saturated carbocycles. The second kappa shape index (κ2) is 18.4. The van der Waals surface area contributed by atoms with Crippen molar-refractivity contribution in [2.45, 2.75) is 72.6 Å². The fourth-order valence-corrected chi connectivity index (χ4v) is 4.16. The van der Waals surface area contributed by atoms with Crippen LogP contribution < -0.4 is 16.0 Å². The number of unbranched alkanes of at least 4 members (excludes halogenated alkanes) is 1. The summed E-state index contributed by atoms with van der Waals surface area (Å²) in [5.74, 6) is -0.686. The average molecular weight is 618 g/mol. The Hall–Kier alpha value is -3.48. The quantitative estimate of drug-likeness (QED) is 0.160. The first-order valence-electron chi connectivity index (χ1n) is 15.2. The predicted octanol–water partition coefficient (Wildman–Crippen LogP) is 3.84. The lowest BCUT2D eigenvalue weighted by Crippen LogP contribution is -2.54. The minimum atomic E-state index is -0.776. The smallest absolute Gasteiger partial charge is 0.407 e. The summed E-state index contributed by atoms with van der Waals surface area (Å²) < 4.78 is 23.4. The molecule has 44 heavy (non-hydrogen) atoms. The highest BCUT2D eigenvalue weighted by Crippen LogP contribution is 2.23. The van der Waals surface area contributed by atoms with Gasteiger partial charge in [0.1, 0.15) is 11.6 Å². The second-order valence-electron chi connectivity index (χ2n) is 12.3. The van der Waals surface area contributed by atoms with E-state index in [4.69, 9.17) is 18.9 Å². The highest BCUT2D eigenvalue weighted by atomic mass is 16.6. The number of carbonyl (C=O) groups is 3. The summed E-state index contributed by atoms with van der Waals surface area (Å²) in [6, 6.07) is 6.82. The molecule has 0 aliphatic heterocycles. The van der Waals surface area contributed by atoms with Crippen LogP contribution >= 0.6 is 0 Å². The fourth-order valence-electron chi connectivity index (χ4n) is 4.16. The number of ether oxygens (including phenoxy) is 4. The summed E-state index contributed by atoms with van der Waals surface area (Å²) in [5, 5.41) is 13.7. The zero-order valence-corrected chi connectivity index (χ0v) is 27.2. The van der Waals surface area contributed by atoms with Gasteiger partial charge in [-0.25, -0.2) is 4.79 Å². The third-order valence-corrected chi connectivity index (χ3v) is 6.26. The number of hydrogen-bond acceptors (Lipinski definition) is 8. The number of fused-ring (bicyclic) bond motifs is 1. The number of rotatable bonds is 19. The van der Waals surface area contributed by atoms with Crippen LogP contribution in [0.25, 0.3) is 10.9 Å². The lowest BCUT2D eigenvalue weighted by molar-refractivity contribution is -0.125. The van der Waals surface area contributed by atoms with E-state index >= 15 is 0 Å². The normalized spacial score (nSPS) is 12.5. The number of allylic oxidation sites excluding steroid dienone is 1. The van der Waals surface area contributed by atoms with E-state index in [0.29, 0.717) is 58.4 Å². The number of amides is 3. The van der Waals surface area contributed by atoms with Crippen molar-refractivity contribution >= 4 is 28.8 Å². The monoisotopic (exact) mass is 617 g/mol. The molecule has 2 rings (SSSR count). The highest BCUT2D eigenvalue weighted by Gasteiger charge is 2.34. The van der Waals surface area contributed by atoms with Crippen LogP contribution in [0.3, 0.4) is 0 Å². The van der Waals surface area contributed by atoms with Crippen LogP contribution in [0, 0.1) is 5.41 Å². The van der Waals surface area contributed by atoms with Crippen LogP contribution in [0.2, 0.25) is 0 Å². The van der Waals surface area contributed by atoms with Crippen LogP contribution in [0.5, 0.6) is 0 Å². The van der Waals surface area contributed by atoms with Gasteiger partial charge in [0.15, 0.2) is 5.69 Å². The van der Waals surface area contributed by atoms with Gasteiger partial charge in [0.2, 0.25) is 5.91 Å². The molecular weight excluding hydrogens is 566 g/mol. The first-order valence-corrected chi connectivity index (χ1v) is 15.2. The third kappa shape index (κ3) is 13.4. The molecule has 1 heterocycles. The van der Waals surface area contributed by atoms with Gasteiger partial charge >= 0.3 is 6.09 Å². The maximum atomic E-state index is 13.4. The zero-order chi connectivity index (χ0) is 32.6. The molecule has 3 N–H and O–H groups in total. The van der Waals surface area contributed by atoms with E-state index in [2.05, 4.69) is 27.6 Å². The number of aryl methyl sites for hydroxylation is 1. The highest BCUT2D eigenvalue weighted by molar-refractivity contribution is 6.06. The second-order valence-corrected chi connectivity index (χ2v) is 12.3. The van der Waals surface area contributed by atoms with E-state index in [1.165, 1.54) is 0 Å². The number of hydrogen-bond donors (Lipinski definition) is 3. The molecule has 0 unspecified atom stereocenters. The van der Waals surface area contributed by atoms with Gasteiger partial charge in [-0.2, -0.15) is 5.10 Å². The molecule has 0 fully saturated rings. The summed E-state index contributed by atoms with van der Waals surface area (Å²) in [6.07, 6.45) is 3.10. The number of nitrogens with zero attached hydrogens (tertiary/aromatic N) is 2. The largest absolute Gasteiger partial charge is 0.444 e.